The Hall–Kier alpha value is -2.79. The average Bonchev–Trinajstić information content (AvgIpc) is 3.24. The van der Waals surface area contributed by atoms with Gasteiger partial charge in [-0.15, -0.1) is 5.10 Å². The fourth-order valence-electron chi connectivity index (χ4n) is 2.42. The molecule has 0 saturated carbocycles. The molecule has 0 N–H and O–H groups in total. The van der Waals surface area contributed by atoms with Crippen LogP contribution in [0.15, 0.2) is 59.3 Å². The Morgan fingerprint density at radius 3 is 2.87 bits per heavy atom. The van der Waals surface area contributed by atoms with E-state index in [0.29, 0.717) is 10.9 Å². The minimum Gasteiger partial charge on any atom is -0.480 e. The number of nitrogens with zero attached hydrogens (tertiary/aromatic N) is 3. The fraction of sp³-hybridized carbons (Fsp3) is 0.0588. The molecule has 0 bridgehead atoms. The summed E-state index contributed by atoms with van der Waals surface area (Å²) >= 11 is 6.28. The number of fused-ring (bicyclic) bond motifs is 1. The first-order chi connectivity index (χ1) is 11.2. The summed E-state index contributed by atoms with van der Waals surface area (Å²) in [5, 5.41) is 4.95. The van der Waals surface area contributed by atoms with Crippen LogP contribution in [-0.4, -0.2) is 21.7 Å². The summed E-state index contributed by atoms with van der Waals surface area (Å²) in [4.78, 5) is 4.58. The van der Waals surface area contributed by atoms with E-state index in [-0.39, 0.29) is 0 Å². The maximum Gasteiger partial charge on any atom is 0.231 e. The lowest BCUT2D eigenvalue weighted by molar-refractivity contribution is 0.390. The standard InChI is InChI=1S/C17H12ClN3O2/c1-22-17-7-6-16-19-14(10-21(16)20-17)11-4-5-13(18)12(9-11)15-3-2-8-23-15/h2-10H,1H3. The molecule has 1 aromatic carbocycles. The van der Waals surface area contributed by atoms with E-state index in [9.17, 15) is 0 Å². The number of rotatable bonds is 3. The van der Waals surface area contributed by atoms with Crippen LogP contribution in [0.5, 0.6) is 5.88 Å². The van der Waals surface area contributed by atoms with Crippen molar-refractivity contribution < 1.29 is 9.15 Å². The largest absolute Gasteiger partial charge is 0.480 e. The van der Waals surface area contributed by atoms with Gasteiger partial charge in [-0.05, 0) is 30.3 Å². The van der Waals surface area contributed by atoms with Gasteiger partial charge in [0.25, 0.3) is 0 Å². The Morgan fingerprint density at radius 1 is 1.17 bits per heavy atom. The van der Waals surface area contributed by atoms with E-state index in [4.69, 9.17) is 20.8 Å². The highest BCUT2D eigenvalue weighted by molar-refractivity contribution is 6.33. The molecule has 114 valence electrons. The molecule has 0 aliphatic rings. The zero-order valence-corrected chi connectivity index (χ0v) is 13.0. The monoisotopic (exact) mass is 325 g/mol. The van der Waals surface area contributed by atoms with E-state index in [1.165, 1.54) is 0 Å². The van der Waals surface area contributed by atoms with Crippen LogP contribution in [0.2, 0.25) is 5.02 Å². The molecular formula is C17H12ClN3O2. The minimum atomic E-state index is 0.536. The van der Waals surface area contributed by atoms with Gasteiger partial charge in [0, 0.05) is 17.2 Å². The fourth-order valence-corrected chi connectivity index (χ4v) is 2.63. The van der Waals surface area contributed by atoms with E-state index >= 15 is 0 Å². The molecule has 3 heterocycles. The maximum atomic E-state index is 6.28. The third-order valence-electron chi connectivity index (χ3n) is 3.55. The molecule has 0 saturated heterocycles. The summed E-state index contributed by atoms with van der Waals surface area (Å²) in [7, 11) is 1.58. The number of hydrogen-bond acceptors (Lipinski definition) is 4. The predicted octanol–water partition coefficient (Wildman–Crippen LogP) is 4.32. The summed E-state index contributed by atoms with van der Waals surface area (Å²) in [6, 6.07) is 13.1. The van der Waals surface area contributed by atoms with E-state index in [2.05, 4.69) is 10.1 Å². The molecule has 0 radical (unpaired) electrons. The highest BCUT2D eigenvalue weighted by atomic mass is 35.5. The van der Waals surface area contributed by atoms with Crippen LogP contribution in [0.4, 0.5) is 0 Å². The van der Waals surface area contributed by atoms with Crippen molar-refractivity contribution >= 4 is 17.2 Å². The topological polar surface area (TPSA) is 52.6 Å². The summed E-state index contributed by atoms with van der Waals surface area (Å²) in [5.41, 5.74) is 3.31. The normalized spacial score (nSPS) is 11.0. The molecule has 4 aromatic rings. The van der Waals surface area contributed by atoms with Crippen molar-refractivity contribution in [1.82, 2.24) is 14.6 Å². The molecule has 6 heteroatoms. The minimum absolute atomic E-state index is 0.536. The van der Waals surface area contributed by atoms with Crippen molar-refractivity contribution in [2.75, 3.05) is 7.11 Å². The zero-order chi connectivity index (χ0) is 15.8. The Morgan fingerprint density at radius 2 is 2.09 bits per heavy atom. The van der Waals surface area contributed by atoms with Crippen LogP contribution in [0, 0.1) is 0 Å². The number of benzene rings is 1. The first-order valence-electron chi connectivity index (χ1n) is 6.99. The quantitative estimate of drug-likeness (QED) is 0.563. The summed E-state index contributed by atoms with van der Waals surface area (Å²) in [5.74, 6) is 1.26. The lowest BCUT2D eigenvalue weighted by atomic mass is 10.1. The van der Waals surface area contributed by atoms with Gasteiger partial charge in [-0.2, -0.15) is 0 Å². The van der Waals surface area contributed by atoms with Gasteiger partial charge in [-0.1, -0.05) is 17.7 Å². The molecule has 0 unspecified atom stereocenters. The molecule has 3 aromatic heterocycles. The first-order valence-corrected chi connectivity index (χ1v) is 7.36. The first kappa shape index (κ1) is 13.8. The molecule has 0 aliphatic heterocycles. The molecule has 5 nitrogen and oxygen atoms in total. The lowest BCUT2D eigenvalue weighted by Crippen LogP contribution is -1.93. The van der Waals surface area contributed by atoms with Crippen LogP contribution in [0.3, 0.4) is 0 Å². The molecular weight excluding hydrogens is 314 g/mol. The number of halogens is 1. The molecule has 0 amide bonds. The summed E-state index contributed by atoms with van der Waals surface area (Å²) in [6.45, 7) is 0. The second-order valence-electron chi connectivity index (χ2n) is 4.98. The number of imidazole rings is 1. The van der Waals surface area contributed by atoms with Gasteiger partial charge in [0.1, 0.15) is 5.76 Å². The third-order valence-corrected chi connectivity index (χ3v) is 3.88. The molecule has 0 fully saturated rings. The predicted molar refractivity (Wildman–Crippen MR) is 87.7 cm³/mol. The van der Waals surface area contributed by atoms with Gasteiger partial charge in [0.2, 0.25) is 5.88 Å². The van der Waals surface area contributed by atoms with Gasteiger partial charge in [-0.25, -0.2) is 9.50 Å². The lowest BCUT2D eigenvalue weighted by Gasteiger charge is -2.03. The van der Waals surface area contributed by atoms with E-state index in [0.717, 1.165) is 28.2 Å². The second-order valence-corrected chi connectivity index (χ2v) is 5.38. The van der Waals surface area contributed by atoms with E-state index in [1.807, 2.05) is 42.6 Å². The highest BCUT2D eigenvalue weighted by Gasteiger charge is 2.11. The summed E-state index contributed by atoms with van der Waals surface area (Å²) in [6.07, 6.45) is 3.48. The average molecular weight is 326 g/mol. The van der Waals surface area contributed by atoms with Crippen LogP contribution in [-0.2, 0) is 0 Å². The number of hydrogen-bond donors (Lipinski definition) is 0. The van der Waals surface area contributed by atoms with Gasteiger partial charge in [-0.3, -0.25) is 0 Å². The van der Waals surface area contributed by atoms with Crippen LogP contribution in [0.1, 0.15) is 0 Å². The van der Waals surface area contributed by atoms with Crippen molar-refractivity contribution in [3.8, 4) is 28.5 Å². The number of methoxy groups -OCH3 is 1. The van der Waals surface area contributed by atoms with E-state index in [1.54, 1.807) is 24.0 Å². The number of aromatic nitrogens is 3. The smallest absolute Gasteiger partial charge is 0.231 e. The van der Waals surface area contributed by atoms with Crippen LogP contribution in [0.25, 0.3) is 28.2 Å². The van der Waals surface area contributed by atoms with Crippen molar-refractivity contribution in [1.29, 1.82) is 0 Å². The van der Waals surface area contributed by atoms with Gasteiger partial charge in [0.05, 0.1) is 30.3 Å². The Kier molecular flexibility index (Phi) is 3.28. The Bertz CT molecular complexity index is 977. The van der Waals surface area contributed by atoms with Crippen LogP contribution < -0.4 is 4.74 Å². The van der Waals surface area contributed by atoms with Crippen molar-refractivity contribution in [3.05, 3.63) is 59.9 Å². The van der Waals surface area contributed by atoms with E-state index < -0.39 is 0 Å². The molecule has 0 atom stereocenters. The number of furan rings is 1. The van der Waals surface area contributed by atoms with Crippen LogP contribution >= 0.6 is 11.6 Å². The van der Waals surface area contributed by atoms with Crippen molar-refractivity contribution in [2.45, 2.75) is 0 Å². The molecule has 4 rings (SSSR count). The van der Waals surface area contributed by atoms with Gasteiger partial charge in [0.15, 0.2) is 5.65 Å². The highest BCUT2D eigenvalue weighted by Crippen LogP contribution is 2.32. The Balaban J connectivity index is 1.83. The molecule has 0 spiro atoms. The molecule has 0 aliphatic carbocycles. The SMILES string of the molecule is COc1ccc2nc(-c3ccc(Cl)c(-c4ccco4)c3)cn2n1. The van der Waals surface area contributed by atoms with Gasteiger partial charge >= 0.3 is 0 Å². The van der Waals surface area contributed by atoms with Crippen molar-refractivity contribution in [3.63, 3.8) is 0 Å². The second kappa shape index (κ2) is 5.44. The van der Waals surface area contributed by atoms with Crippen molar-refractivity contribution in [2.24, 2.45) is 0 Å². The Labute approximate surface area is 137 Å². The van der Waals surface area contributed by atoms with Gasteiger partial charge < -0.3 is 9.15 Å². The zero-order valence-electron chi connectivity index (χ0n) is 12.2. The maximum absolute atomic E-state index is 6.28. The third kappa shape index (κ3) is 2.45. The molecule has 23 heavy (non-hydrogen) atoms. The summed E-state index contributed by atoms with van der Waals surface area (Å²) < 4.78 is 12.3. The number of ether oxygens (including phenoxy) is 1.